The van der Waals surface area contributed by atoms with Crippen LogP contribution in [0.2, 0.25) is 0 Å². The van der Waals surface area contributed by atoms with E-state index in [4.69, 9.17) is 4.74 Å². The molecular formula is C12H13F2NO. The third-order valence-corrected chi connectivity index (χ3v) is 3.40. The lowest BCUT2D eigenvalue weighted by molar-refractivity contribution is 0.0621. The molecule has 2 heterocycles. The Morgan fingerprint density at radius 1 is 1.31 bits per heavy atom. The topological polar surface area (TPSA) is 21.3 Å². The van der Waals surface area contributed by atoms with Crippen LogP contribution >= 0.6 is 0 Å². The Kier molecular flexibility index (Phi) is 2.14. The quantitative estimate of drug-likeness (QED) is 0.729. The Morgan fingerprint density at radius 3 is 2.94 bits per heavy atom. The lowest BCUT2D eigenvalue weighted by Gasteiger charge is -2.33. The van der Waals surface area contributed by atoms with Crippen molar-refractivity contribution in [1.29, 1.82) is 0 Å². The van der Waals surface area contributed by atoms with E-state index in [1.165, 1.54) is 6.07 Å². The maximum absolute atomic E-state index is 13.5. The van der Waals surface area contributed by atoms with Gasteiger partial charge < -0.3 is 10.1 Å². The van der Waals surface area contributed by atoms with Gasteiger partial charge in [-0.25, -0.2) is 4.39 Å². The average Bonchev–Trinajstić information content (AvgIpc) is 2.64. The summed E-state index contributed by atoms with van der Waals surface area (Å²) in [5.41, 5.74) is 0.428. The fourth-order valence-electron chi connectivity index (χ4n) is 2.60. The molecule has 3 rings (SSSR count). The molecule has 0 aromatic heterocycles. The number of ether oxygens (including phenoxy) is 1. The van der Waals surface area contributed by atoms with Crippen molar-refractivity contribution < 1.29 is 13.5 Å². The molecule has 86 valence electrons. The Morgan fingerprint density at radius 2 is 2.19 bits per heavy atom. The predicted molar refractivity (Wildman–Crippen MR) is 55.5 cm³/mol. The summed E-state index contributed by atoms with van der Waals surface area (Å²) < 4.78 is 32.2. The zero-order valence-corrected chi connectivity index (χ0v) is 8.85. The van der Waals surface area contributed by atoms with Crippen molar-refractivity contribution in [2.75, 3.05) is 13.1 Å². The molecule has 1 aromatic rings. The van der Waals surface area contributed by atoms with Crippen molar-refractivity contribution in [3.63, 3.8) is 0 Å². The highest BCUT2D eigenvalue weighted by molar-refractivity contribution is 5.41. The number of hydrogen-bond donors (Lipinski definition) is 1. The Balaban J connectivity index is 1.96. The first-order valence-electron chi connectivity index (χ1n) is 5.57. The molecule has 1 spiro atoms. The lowest BCUT2D eigenvalue weighted by Crippen LogP contribution is -2.49. The van der Waals surface area contributed by atoms with Crippen LogP contribution in [0.4, 0.5) is 8.78 Å². The Hall–Kier alpha value is -1.16. The van der Waals surface area contributed by atoms with Crippen molar-refractivity contribution in [2.45, 2.75) is 24.9 Å². The number of rotatable bonds is 0. The van der Waals surface area contributed by atoms with Gasteiger partial charge in [-0.3, -0.25) is 0 Å². The number of nitrogens with one attached hydrogen (secondary N) is 1. The number of piperidine rings is 1. The summed E-state index contributed by atoms with van der Waals surface area (Å²) in [5, 5.41) is 3.25. The summed E-state index contributed by atoms with van der Waals surface area (Å²) in [6.07, 6.45) is 2.58. The molecule has 1 atom stereocenters. The van der Waals surface area contributed by atoms with E-state index in [9.17, 15) is 8.78 Å². The second-order valence-corrected chi connectivity index (χ2v) is 4.59. The second kappa shape index (κ2) is 3.42. The average molecular weight is 225 g/mol. The number of halogens is 2. The number of benzene rings is 1. The van der Waals surface area contributed by atoms with E-state index in [-0.39, 0.29) is 11.4 Å². The van der Waals surface area contributed by atoms with E-state index < -0.39 is 11.6 Å². The number of fused-ring (bicyclic) bond motifs is 1. The van der Waals surface area contributed by atoms with Crippen LogP contribution in [0.25, 0.3) is 0 Å². The zero-order valence-electron chi connectivity index (χ0n) is 8.85. The van der Waals surface area contributed by atoms with Gasteiger partial charge in [0.25, 0.3) is 0 Å². The van der Waals surface area contributed by atoms with Crippen molar-refractivity contribution in [1.82, 2.24) is 5.32 Å². The van der Waals surface area contributed by atoms with Crippen molar-refractivity contribution in [3.05, 3.63) is 29.3 Å². The van der Waals surface area contributed by atoms with Crippen LogP contribution in [-0.4, -0.2) is 18.7 Å². The standard InChI is InChI=1S/C12H13F2NO/c13-9-3-2-8-6-12(4-1-5-15-7-12)16-11(8)10(9)14/h2-3,15H,1,4-7H2. The third kappa shape index (κ3) is 1.40. The maximum Gasteiger partial charge on any atom is 0.200 e. The molecule has 2 nitrogen and oxygen atoms in total. The van der Waals surface area contributed by atoms with Gasteiger partial charge in [0, 0.05) is 18.5 Å². The molecule has 0 saturated carbocycles. The van der Waals surface area contributed by atoms with E-state index >= 15 is 0 Å². The predicted octanol–water partition coefficient (Wildman–Crippen LogP) is 2.02. The molecule has 4 heteroatoms. The summed E-state index contributed by atoms with van der Waals surface area (Å²) in [4.78, 5) is 0. The molecule has 1 aromatic carbocycles. The lowest BCUT2D eigenvalue weighted by atomic mass is 9.89. The smallest absolute Gasteiger partial charge is 0.200 e. The van der Waals surface area contributed by atoms with E-state index in [2.05, 4.69) is 5.32 Å². The first-order valence-corrected chi connectivity index (χ1v) is 5.57. The van der Waals surface area contributed by atoms with Crippen LogP contribution in [0.3, 0.4) is 0 Å². The molecule has 1 fully saturated rings. The summed E-state index contributed by atoms with van der Waals surface area (Å²) in [5.74, 6) is -1.57. The van der Waals surface area contributed by atoms with Crippen molar-refractivity contribution in [2.24, 2.45) is 0 Å². The van der Waals surface area contributed by atoms with E-state index in [1.807, 2.05) is 0 Å². The van der Waals surface area contributed by atoms with Crippen LogP contribution < -0.4 is 10.1 Å². The van der Waals surface area contributed by atoms with Crippen LogP contribution in [0.5, 0.6) is 5.75 Å². The molecule has 1 saturated heterocycles. The highest BCUT2D eigenvalue weighted by atomic mass is 19.2. The van der Waals surface area contributed by atoms with Crippen LogP contribution in [0.1, 0.15) is 18.4 Å². The highest BCUT2D eigenvalue weighted by Crippen LogP contribution is 2.40. The van der Waals surface area contributed by atoms with Gasteiger partial charge in [-0.15, -0.1) is 0 Å². The molecule has 1 unspecified atom stereocenters. The maximum atomic E-state index is 13.5. The molecule has 0 bridgehead atoms. The van der Waals surface area contributed by atoms with Gasteiger partial charge in [0.05, 0.1) is 0 Å². The molecule has 2 aliphatic rings. The molecule has 0 radical (unpaired) electrons. The minimum atomic E-state index is -0.847. The van der Waals surface area contributed by atoms with Gasteiger partial charge in [0.15, 0.2) is 11.6 Å². The summed E-state index contributed by atoms with van der Waals surface area (Å²) in [6.45, 7) is 1.68. The molecule has 1 N–H and O–H groups in total. The van der Waals surface area contributed by atoms with Crippen LogP contribution in [0, 0.1) is 11.6 Å². The fourth-order valence-corrected chi connectivity index (χ4v) is 2.60. The van der Waals surface area contributed by atoms with E-state index in [1.54, 1.807) is 6.07 Å². The molecule has 0 amide bonds. The molecule has 16 heavy (non-hydrogen) atoms. The molecule has 2 aliphatic heterocycles. The highest BCUT2D eigenvalue weighted by Gasteiger charge is 2.42. The number of hydrogen-bond acceptors (Lipinski definition) is 2. The van der Waals surface area contributed by atoms with Crippen LogP contribution in [-0.2, 0) is 6.42 Å². The first kappa shape index (κ1) is 10.0. The summed E-state index contributed by atoms with van der Waals surface area (Å²) in [7, 11) is 0. The van der Waals surface area contributed by atoms with Crippen molar-refractivity contribution in [3.8, 4) is 5.75 Å². The SMILES string of the molecule is Fc1ccc2c(c1F)OC1(CCCNC1)C2. The normalized spacial score (nSPS) is 27.9. The zero-order chi connectivity index (χ0) is 11.2. The Labute approximate surface area is 92.6 Å². The van der Waals surface area contributed by atoms with Gasteiger partial charge in [-0.05, 0) is 25.5 Å². The summed E-state index contributed by atoms with van der Waals surface area (Å²) >= 11 is 0. The largest absolute Gasteiger partial charge is 0.482 e. The van der Waals surface area contributed by atoms with Gasteiger partial charge in [-0.1, -0.05) is 6.07 Å². The first-order chi connectivity index (χ1) is 7.70. The second-order valence-electron chi connectivity index (χ2n) is 4.59. The van der Waals surface area contributed by atoms with Crippen molar-refractivity contribution >= 4 is 0 Å². The van der Waals surface area contributed by atoms with E-state index in [0.29, 0.717) is 13.0 Å². The molecular weight excluding hydrogens is 212 g/mol. The van der Waals surface area contributed by atoms with Gasteiger partial charge in [0.1, 0.15) is 5.60 Å². The third-order valence-electron chi connectivity index (χ3n) is 3.40. The fraction of sp³-hybridized carbons (Fsp3) is 0.500. The van der Waals surface area contributed by atoms with Gasteiger partial charge in [-0.2, -0.15) is 4.39 Å². The summed E-state index contributed by atoms with van der Waals surface area (Å²) in [6, 6.07) is 2.80. The Bertz CT molecular complexity index is 427. The minimum absolute atomic E-state index is 0.115. The minimum Gasteiger partial charge on any atom is -0.482 e. The monoisotopic (exact) mass is 225 g/mol. The van der Waals surface area contributed by atoms with E-state index in [0.717, 1.165) is 24.9 Å². The molecule has 0 aliphatic carbocycles. The van der Waals surface area contributed by atoms with Crippen LogP contribution in [0.15, 0.2) is 12.1 Å². The van der Waals surface area contributed by atoms with Gasteiger partial charge in [0.2, 0.25) is 5.82 Å². The van der Waals surface area contributed by atoms with Gasteiger partial charge >= 0.3 is 0 Å².